The third-order valence-corrected chi connectivity index (χ3v) is 5.75. The number of piperazine rings is 1. The minimum atomic E-state index is 0.182. The van der Waals surface area contributed by atoms with E-state index in [0.717, 1.165) is 50.6 Å². The van der Waals surface area contributed by atoms with Crippen LogP contribution in [0.1, 0.15) is 12.0 Å². The van der Waals surface area contributed by atoms with Crippen molar-refractivity contribution in [3.63, 3.8) is 0 Å². The van der Waals surface area contributed by atoms with Crippen molar-refractivity contribution >= 4 is 17.6 Å². The maximum Gasteiger partial charge on any atom is 0.231 e. The molecule has 1 fully saturated rings. The molecule has 0 radical (unpaired) electrons. The summed E-state index contributed by atoms with van der Waals surface area (Å²) in [4.78, 5) is 21.1. The summed E-state index contributed by atoms with van der Waals surface area (Å²) in [6.07, 6.45) is 1.29. The molecule has 2 aromatic carbocycles. The van der Waals surface area contributed by atoms with Gasteiger partial charge in [0.05, 0.1) is 0 Å². The summed E-state index contributed by atoms with van der Waals surface area (Å²) in [7, 11) is 1.74. The quantitative estimate of drug-likeness (QED) is 0.509. The van der Waals surface area contributed by atoms with Crippen LogP contribution in [-0.4, -0.2) is 69.9 Å². The van der Waals surface area contributed by atoms with Gasteiger partial charge in [0.25, 0.3) is 0 Å². The van der Waals surface area contributed by atoms with Gasteiger partial charge in [0.1, 0.15) is 0 Å². The number of fused-ring (bicyclic) bond motifs is 1. The topological polar surface area (TPSA) is 78.4 Å². The van der Waals surface area contributed by atoms with E-state index in [0.29, 0.717) is 18.9 Å². The van der Waals surface area contributed by atoms with Gasteiger partial charge >= 0.3 is 0 Å². The van der Waals surface area contributed by atoms with E-state index < -0.39 is 0 Å². The first-order valence-corrected chi connectivity index (χ1v) is 11.1. The number of hydrogen-bond donors (Lipinski definition) is 2. The Bertz CT molecular complexity index is 926. The lowest BCUT2D eigenvalue weighted by Crippen LogP contribution is -2.49. The van der Waals surface area contributed by atoms with Gasteiger partial charge < -0.3 is 29.9 Å². The van der Waals surface area contributed by atoms with Crippen LogP contribution in [-0.2, 0) is 11.2 Å². The zero-order valence-corrected chi connectivity index (χ0v) is 18.5. The second kappa shape index (κ2) is 10.7. The molecule has 2 aromatic rings. The summed E-state index contributed by atoms with van der Waals surface area (Å²) in [5.74, 6) is 2.48. The summed E-state index contributed by atoms with van der Waals surface area (Å²) in [5.41, 5.74) is 2.39. The van der Waals surface area contributed by atoms with Crippen LogP contribution >= 0.6 is 0 Å². The Balaban J connectivity index is 1.13. The van der Waals surface area contributed by atoms with E-state index in [9.17, 15) is 4.79 Å². The van der Waals surface area contributed by atoms with Gasteiger partial charge in [0.2, 0.25) is 12.7 Å². The fourth-order valence-corrected chi connectivity index (χ4v) is 3.94. The average molecular weight is 438 g/mol. The highest BCUT2D eigenvalue weighted by Gasteiger charge is 2.21. The average Bonchev–Trinajstić information content (AvgIpc) is 3.31. The highest BCUT2D eigenvalue weighted by molar-refractivity contribution is 5.81. The number of ether oxygens (including phenoxy) is 2. The molecular weight excluding hydrogens is 406 g/mol. The summed E-state index contributed by atoms with van der Waals surface area (Å²) < 4.78 is 10.8. The number of guanidine groups is 1. The monoisotopic (exact) mass is 437 g/mol. The molecule has 1 amide bonds. The number of rotatable bonds is 7. The Morgan fingerprint density at radius 2 is 1.72 bits per heavy atom. The largest absolute Gasteiger partial charge is 0.454 e. The number of hydrogen-bond acceptors (Lipinski definition) is 5. The Kier molecular flexibility index (Phi) is 7.32. The highest BCUT2D eigenvalue weighted by Crippen LogP contribution is 2.32. The fraction of sp³-hybridized carbons (Fsp3) is 0.417. The highest BCUT2D eigenvalue weighted by atomic mass is 16.7. The van der Waals surface area contributed by atoms with Crippen molar-refractivity contribution in [1.29, 1.82) is 0 Å². The number of carbonyl (C=O) groups excluding carboxylic acids is 1. The van der Waals surface area contributed by atoms with Gasteiger partial charge in [-0.3, -0.25) is 9.79 Å². The minimum absolute atomic E-state index is 0.182. The maximum atomic E-state index is 12.6. The van der Waals surface area contributed by atoms with E-state index in [-0.39, 0.29) is 12.7 Å². The number of benzene rings is 2. The van der Waals surface area contributed by atoms with Gasteiger partial charge in [0, 0.05) is 58.4 Å². The Morgan fingerprint density at radius 3 is 2.50 bits per heavy atom. The molecule has 170 valence electrons. The van der Waals surface area contributed by atoms with E-state index in [1.165, 1.54) is 11.3 Å². The minimum Gasteiger partial charge on any atom is -0.454 e. The number of aliphatic imine (C=N–C) groups is 1. The van der Waals surface area contributed by atoms with Crippen LogP contribution in [0.3, 0.4) is 0 Å². The van der Waals surface area contributed by atoms with Crippen LogP contribution in [0.5, 0.6) is 11.5 Å². The zero-order chi connectivity index (χ0) is 22.2. The third-order valence-electron chi connectivity index (χ3n) is 5.75. The van der Waals surface area contributed by atoms with Crippen LogP contribution in [0.4, 0.5) is 5.69 Å². The van der Waals surface area contributed by atoms with Crippen molar-refractivity contribution in [2.24, 2.45) is 4.99 Å². The van der Waals surface area contributed by atoms with E-state index in [1.54, 1.807) is 7.05 Å². The second-order valence-corrected chi connectivity index (χ2v) is 7.82. The number of carbonyl (C=O) groups is 1. The molecule has 2 heterocycles. The first-order chi connectivity index (χ1) is 15.7. The molecule has 0 unspecified atom stereocenters. The molecule has 0 spiro atoms. The Hall–Kier alpha value is -3.42. The molecule has 1 saturated heterocycles. The molecule has 2 aliphatic heterocycles. The lowest BCUT2D eigenvalue weighted by Gasteiger charge is -2.36. The lowest BCUT2D eigenvalue weighted by molar-refractivity contribution is -0.131. The van der Waals surface area contributed by atoms with Gasteiger partial charge in [-0.2, -0.15) is 0 Å². The van der Waals surface area contributed by atoms with Crippen molar-refractivity contribution < 1.29 is 14.3 Å². The van der Waals surface area contributed by atoms with Crippen molar-refractivity contribution in [3.8, 4) is 11.5 Å². The first-order valence-electron chi connectivity index (χ1n) is 11.1. The Labute approximate surface area is 189 Å². The first kappa shape index (κ1) is 21.8. The number of para-hydroxylation sites is 1. The van der Waals surface area contributed by atoms with Gasteiger partial charge in [-0.05, 0) is 36.2 Å². The SMILES string of the molecule is CN=C(NCCC(=O)N1CCN(c2ccccc2)CC1)NCCc1ccc2c(c1)OCO2. The molecule has 0 aliphatic carbocycles. The van der Waals surface area contributed by atoms with Crippen LogP contribution in [0, 0.1) is 0 Å². The second-order valence-electron chi connectivity index (χ2n) is 7.82. The smallest absolute Gasteiger partial charge is 0.231 e. The summed E-state index contributed by atoms with van der Waals surface area (Å²) in [5, 5.41) is 6.54. The van der Waals surface area contributed by atoms with Crippen molar-refractivity contribution in [1.82, 2.24) is 15.5 Å². The van der Waals surface area contributed by atoms with Gasteiger partial charge in [0.15, 0.2) is 17.5 Å². The number of nitrogens with zero attached hydrogens (tertiary/aromatic N) is 3. The predicted octanol–water partition coefficient (Wildman–Crippen LogP) is 1.86. The molecule has 0 saturated carbocycles. The van der Waals surface area contributed by atoms with Crippen molar-refractivity contribution in [2.75, 3.05) is 58.0 Å². The number of nitrogens with one attached hydrogen (secondary N) is 2. The van der Waals surface area contributed by atoms with E-state index in [4.69, 9.17) is 9.47 Å². The van der Waals surface area contributed by atoms with Gasteiger partial charge in [-0.1, -0.05) is 24.3 Å². The molecule has 2 N–H and O–H groups in total. The molecule has 0 atom stereocenters. The predicted molar refractivity (Wildman–Crippen MR) is 125 cm³/mol. The van der Waals surface area contributed by atoms with Crippen LogP contribution in [0.15, 0.2) is 53.5 Å². The van der Waals surface area contributed by atoms with E-state index >= 15 is 0 Å². The van der Waals surface area contributed by atoms with Gasteiger partial charge in [-0.25, -0.2) is 0 Å². The summed E-state index contributed by atoms with van der Waals surface area (Å²) in [6.45, 7) is 4.83. The molecular formula is C24H31N5O3. The van der Waals surface area contributed by atoms with Crippen LogP contribution in [0.2, 0.25) is 0 Å². The molecule has 2 aliphatic rings. The van der Waals surface area contributed by atoms with E-state index in [1.807, 2.05) is 29.2 Å². The van der Waals surface area contributed by atoms with E-state index in [2.05, 4.69) is 44.8 Å². The number of anilines is 1. The molecule has 0 aromatic heterocycles. The van der Waals surface area contributed by atoms with Crippen molar-refractivity contribution in [3.05, 3.63) is 54.1 Å². The molecule has 4 rings (SSSR count). The molecule has 8 heteroatoms. The molecule has 8 nitrogen and oxygen atoms in total. The van der Waals surface area contributed by atoms with Crippen molar-refractivity contribution in [2.45, 2.75) is 12.8 Å². The summed E-state index contributed by atoms with van der Waals surface area (Å²) >= 11 is 0. The third kappa shape index (κ3) is 5.63. The summed E-state index contributed by atoms with van der Waals surface area (Å²) in [6, 6.07) is 16.4. The normalized spacial score (nSPS) is 15.6. The van der Waals surface area contributed by atoms with Gasteiger partial charge in [-0.15, -0.1) is 0 Å². The fourth-order valence-electron chi connectivity index (χ4n) is 3.94. The van der Waals surface area contributed by atoms with Crippen LogP contribution in [0.25, 0.3) is 0 Å². The number of amides is 1. The molecule has 0 bridgehead atoms. The molecule has 32 heavy (non-hydrogen) atoms. The maximum absolute atomic E-state index is 12.6. The lowest BCUT2D eigenvalue weighted by atomic mass is 10.1. The van der Waals surface area contributed by atoms with Crippen LogP contribution < -0.4 is 25.0 Å². The zero-order valence-electron chi connectivity index (χ0n) is 18.5. The Morgan fingerprint density at radius 1 is 0.969 bits per heavy atom. The standard InChI is InChI=1S/C24H31N5O3/c1-25-24(26-11-9-19-7-8-21-22(17-19)32-18-31-21)27-12-10-23(30)29-15-13-28(14-16-29)20-5-3-2-4-6-20/h2-8,17H,9-16,18H2,1H3,(H2,25,26,27).